The van der Waals surface area contributed by atoms with Gasteiger partial charge in [-0.15, -0.1) is 0 Å². The van der Waals surface area contributed by atoms with E-state index in [1.807, 2.05) is 12.3 Å². The van der Waals surface area contributed by atoms with E-state index in [0.717, 1.165) is 21.2 Å². The van der Waals surface area contributed by atoms with Gasteiger partial charge < -0.3 is 4.74 Å². The molecule has 0 atom stereocenters. The molecule has 0 bridgehead atoms. The van der Waals surface area contributed by atoms with Crippen LogP contribution in [-0.4, -0.2) is 21.7 Å². The fraction of sp³-hybridized carbons (Fsp3) is 0.167. The molecule has 0 amide bonds. The Hall–Kier alpha value is -1.14. The smallest absolute Gasteiger partial charge is 0.212 e. The van der Waals surface area contributed by atoms with E-state index in [-0.39, 0.29) is 0 Å². The highest BCUT2D eigenvalue weighted by atomic mass is 35.5. The van der Waals surface area contributed by atoms with Crippen LogP contribution < -0.4 is 0 Å². The molecule has 4 nitrogen and oxygen atoms in total. The van der Waals surface area contributed by atoms with Crippen molar-refractivity contribution in [3.05, 3.63) is 39.4 Å². The standard InChI is InChI=1S/C12H9Cl2N3OS/c1-18-6-11-16-17-5-10(15-12(17)19-11)8-3-2-7(13)4-9(8)14/h2-5H,6H2,1H3. The minimum Gasteiger partial charge on any atom is -0.377 e. The molecule has 0 aliphatic rings. The van der Waals surface area contributed by atoms with Crippen LogP contribution in [0.1, 0.15) is 5.01 Å². The third-order valence-electron chi connectivity index (χ3n) is 2.56. The molecule has 0 aliphatic heterocycles. The maximum absolute atomic E-state index is 6.17. The van der Waals surface area contributed by atoms with Crippen LogP contribution >= 0.6 is 34.5 Å². The summed E-state index contributed by atoms with van der Waals surface area (Å²) in [6.45, 7) is 0.491. The molecule has 0 radical (unpaired) electrons. The number of imidazole rings is 1. The molecule has 0 fully saturated rings. The number of benzene rings is 1. The summed E-state index contributed by atoms with van der Waals surface area (Å²) in [6.07, 6.45) is 1.85. The second-order valence-corrected chi connectivity index (χ2v) is 5.79. The average molecular weight is 314 g/mol. The molecule has 3 rings (SSSR count). The number of halogens is 2. The summed E-state index contributed by atoms with van der Waals surface area (Å²) in [5.41, 5.74) is 1.63. The van der Waals surface area contributed by atoms with E-state index < -0.39 is 0 Å². The van der Waals surface area contributed by atoms with Gasteiger partial charge in [0.15, 0.2) is 0 Å². The van der Waals surface area contributed by atoms with Gasteiger partial charge in [0.2, 0.25) is 4.96 Å². The average Bonchev–Trinajstić information content (AvgIpc) is 2.87. The molecule has 0 saturated carbocycles. The van der Waals surface area contributed by atoms with Gasteiger partial charge in [-0.2, -0.15) is 5.10 Å². The van der Waals surface area contributed by atoms with E-state index in [2.05, 4.69) is 10.1 Å². The van der Waals surface area contributed by atoms with Crippen LogP contribution in [0.4, 0.5) is 0 Å². The maximum Gasteiger partial charge on any atom is 0.212 e. The third kappa shape index (κ3) is 2.47. The molecule has 3 aromatic rings. The molecule has 2 aromatic heterocycles. The zero-order valence-electron chi connectivity index (χ0n) is 9.93. The second-order valence-electron chi connectivity index (χ2n) is 3.91. The first-order valence-corrected chi connectivity index (χ1v) is 7.04. The number of hydrogen-bond donors (Lipinski definition) is 0. The number of hydrogen-bond acceptors (Lipinski definition) is 4. The number of ether oxygens (including phenoxy) is 1. The van der Waals surface area contributed by atoms with Crippen LogP contribution in [0.2, 0.25) is 10.0 Å². The molecular weight excluding hydrogens is 305 g/mol. The van der Waals surface area contributed by atoms with Crippen molar-refractivity contribution in [1.29, 1.82) is 0 Å². The van der Waals surface area contributed by atoms with Gasteiger partial charge in [-0.1, -0.05) is 34.5 Å². The highest BCUT2D eigenvalue weighted by Crippen LogP contribution is 2.30. The van der Waals surface area contributed by atoms with Crippen LogP contribution in [0.3, 0.4) is 0 Å². The number of aromatic nitrogens is 3. The largest absolute Gasteiger partial charge is 0.377 e. The predicted octanol–water partition coefficient (Wildman–Crippen LogP) is 3.91. The Balaban J connectivity index is 2.03. The van der Waals surface area contributed by atoms with Gasteiger partial charge >= 0.3 is 0 Å². The molecule has 0 unspecified atom stereocenters. The molecular formula is C12H9Cl2N3OS. The Bertz CT molecular complexity index is 706. The van der Waals surface area contributed by atoms with Crippen LogP contribution in [0.25, 0.3) is 16.2 Å². The Labute approximate surface area is 123 Å². The summed E-state index contributed by atoms with van der Waals surface area (Å²) in [7, 11) is 1.64. The molecule has 0 saturated heterocycles. The molecule has 0 spiro atoms. The number of methoxy groups -OCH3 is 1. The Kier molecular flexibility index (Phi) is 3.45. The van der Waals surface area contributed by atoms with Crippen molar-refractivity contribution >= 4 is 39.5 Å². The monoisotopic (exact) mass is 313 g/mol. The van der Waals surface area contributed by atoms with Gasteiger partial charge in [0.25, 0.3) is 0 Å². The van der Waals surface area contributed by atoms with E-state index in [0.29, 0.717) is 16.7 Å². The van der Waals surface area contributed by atoms with E-state index in [9.17, 15) is 0 Å². The predicted molar refractivity (Wildman–Crippen MR) is 77.0 cm³/mol. The maximum atomic E-state index is 6.17. The van der Waals surface area contributed by atoms with Crippen LogP contribution in [0, 0.1) is 0 Å². The van der Waals surface area contributed by atoms with Crippen molar-refractivity contribution in [1.82, 2.24) is 14.6 Å². The van der Waals surface area contributed by atoms with E-state index in [1.54, 1.807) is 23.8 Å². The van der Waals surface area contributed by atoms with Gasteiger partial charge in [0.05, 0.1) is 23.5 Å². The van der Waals surface area contributed by atoms with Gasteiger partial charge in [-0.3, -0.25) is 0 Å². The molecule has 0 aliphatic carbocycles. The summed E-state index contributed by atoms with van der Waals surface area (Å²) in [6, 6.07) is 5.35. The van der Waals surface area contributed by atoms with E-state index in [4.69, 9.17) is 27.9 Å². The first-order chi connectivity index (χ1) is 9.17. The lowest BCUT2D eigenvalue weighted by molar-refractivity contribution is 0.183. The first-order valence-electron chi connectivity index (χ1n) is 5.47. The van der Waals surface area contributed by atoms with E-state index >= 15 is 0 Å². The van der Waals surface area contributed by atoms with Gasteiger partial charge in [-0.05, 0) is 18.2 Å². The van der Waals surface area contributed by atoms with Crippen molar-refractivity contribution in [2.45, 2.75) is 6.61 Å². The third-order valence-corrected chi connectivity index (χ3v) is 4.00. The fourth-order valence-electron chi connectivity index (χ4n) is 1.75. The zero-order chi connectivity index (χ0) is 13.4. The summed E-state index contributed by atoms with van der Waals surface area (Å²) in [5.74, 6) is 0. The summed E-state index contributed by atoms with van der Waals surface area (Å²) in [5, 5.41) is 6.45. The van der Waals surface area contributed by atoms with Gasteiger partial charge in [0.1, 0.15) is 5.01 Å². The molecule has 98 valence electrons. The van der Waals surface area contributed by atoms with Crippen LogP contribution in [0.5, 0.6) is 0 Å². The number of fused-ring (bicyclic) bond motifs is 1. The Morgan fingerprint density at radius 1 is 1.37 bits per heavy atom. The highest BCUT2D eigenvalue weighted by molar-refractivity contribution is 7.16. The zero-order valence-corrected chi connectivity index (χ0v) is 12.3. The molecule has 2 heterocycles. The first kappa shape index (κ1) is 12.9. The summed E-state index contributed by atoms with van der Waals surface area (Å²) < 4.78 is 6.78. The van der Waals surface area contributed by atoms with E-state index in [1.165, 1.54) is 11.3 Å². The summed E-state index contributed by atoms with van der Waals surface area (Å²) >= 11 is 13.5. The van der Waals surface area contributed by atoms with Crippen LogP contribution in [0.15, 0.2) is 24.4 Å². The molecule has 7 heteroatoms. The van der Waals surface area contributed by atoms with Crippen molar-refractivity contribution in [2.24, 2.45) is 0 Å². The molecule has 19 heavy (non-hydrogen) atoms. The van der Waals surface area contributed by atoms with Crippen molar-refractivity contribution in [3.8, 4) is 11.3 Å². The fourth-order valence-corrected chi connectivity index (χ4v) is 3.10. The lowest BCUT2D eigenvalue weighted by atomic mass is 10.2. The van der Waals surface area contributed by atoms with Gasteiger partial charge in [-0.25, -0.2) is 9.50 Å². The lowest BCUT2D eigenvalue weighted by Gasteiger charge is -2.00. The molecule has 1 aromatic carbocycles. The Morgan fingerprint density at radius 3 is 2.89 bits per heavy atom. The number of rotatable bonds is 3. The minimum atomic E-state index is 0.491. The van der Waals surface area contributed by atoms with Gasteiger partial charge in [0, 0.05) is 17.7 Å². The highest BCUT2D eigenvalue weighted by Gasteiger charge is 2.12. The number of nitrogens with zero attached hydrogens (tertiary/aromatic N) is 3. The van der Waals surface area contributed by atoms with Crippen molar-refractivity contribution in [3.63, 3.8) is 0 Å². The normalized spacial score (nSPS) is 11.3. The minimum absolute atomic E-state index is 0.491. The lowest BCUT2D eigenvalue weighted by Crippen LogP contribution is -1.88. The van der Waals surface area contributed by atoms with Crippen molar-refractivity contribution < 1.29 is 4.74 Å². The second kappa shape index (κ2) is 5.09. The van der Waals surface area contributed by atoms with Crippen molar-refractivity contribution in [2.75, 3.05) is 7.11 Å². The Morgan fingerprint density at radius 2 is 2.21 bits per heavy atom. The summed E-state index contributed by atoms with van der Waals surface area (Å²) in [4.78, 5) is 5.33. The topological polar surface area (TPSA) is 39.4 Å². The molecule has 0 N–H and O–H groups in total. The quantitative estimate of drug-likeness (QED) is 0.736. The SMILES string of the molecule is COCc1nn2cc(-c3ccc(Cl)cc3Cl)nc2s1. The van der Waals surface area contributed by atoms with Crippen LogP contribution in [-0.2, 0) is 11.3 Å².